The first-order chi connectivity index (χ1) is 15.4. The molecule has 1 aliphatic heterocycles. The predicted molar refractivity (Wildman–Crippen MR) is 124 cm³/mol. The molecule has 0 unspecified atom stereocenters. The summed E-state index contributed by atoms with van der Waals surface area (Å²) in [5, 5.41) is 3.88. The van der Waals surface area contributed by atoms with E-state index >= 15 is 0 Å². The second kappa shape index (κ2) is 9.34. The minimum absolute atomic E-state index is 0.0350. The lowest BCUT2D eigenvalue weighted by Crippen LogP contribution is -2.42. The zero-order chi connectivity index (χ0) is 22.7. The van der Waals surface area contributed by atoms with Gasteiger partial charge in [0.05, 0.1) is 12.0 Å². The first-order valence-electron chi connectivity index (χ1n) is 10.9. The summed E-state index contributed by atoms with van der Waals surface area (Å²) in [7, 11) is -1.97. The van der Waals surface area contributed by atoms with E-state index in [1.165, 1.54) is 4.31 Å². The fourth-order valence-electron chi connectivity index (χ4n) is 4.24. The van der Waals surface area contributed by atoms with Gasteiger partial charge >= 0.3 is 0 Å². The average molecular weight is 456 g/mol. The number of aromatic nitrogens is 1. The molecule has 4 rings (SSSR count). The maximum absolute atomic E-state index is 13.2. The molecule has 0 atom stereocenters. The van der Waals surface area contributed by atoms with Gasteiger partial charge in [0.25, 0.3) is 0 Å². The Morgan fingerprint density at radius 1 is 1.12 bits per heavy atom. The van der Waals surface area contributed by atoms with Gasteiger partial charge in [-0.05, 0) is 61.7 Å². The smallest absolute Gasteiger partial charge is 0.243 e. The molecule has 0 spiro atoms. The number of hydrogen-bond donors (Lipinski definition) is 1. The summed E-state index contributed by atoms with van der Waals surface area (Å²) in [6, 6.07) is 14.8. The molecule has 170 valence electrons. The van der Waals surface area contributed by atoms with Crippen LogP contribution in [0.1, 0.15) is 25.3 Å². The zero-order valence-corrected chi connectivity index (χ0v) is 19.3. The van der Waals surface area contributed by atoms with Crippen molar-refractivity contribution in [2.75, 3.05) is 20.2 Å². The third-order valence-corrected chi connectivity index (χ3v) is 8.04. The number of ether oxygens (including phenoxy) is 1. The number of amides is 1. The molecule has 1 fully saturated rings. The minimum Gasteiger partial charge on any atom is -0.497 e. The van der Waals surface area contributed by atoms with Crippen LogP contribution < -0.4 is 10.1 Å². The molecule has 8 heteroatoms. The number of piperidine rings is 1. The summed E-state index contributed by atoms with van der Waals surface area (Å²) < 4.78 is 35.1. The first kappa shape index (κ1) is 22.4. The summed E-state index contributed by atoms with van der Waals surface area (Å²) in [5.41, 5.74) is 1.99. The van der Waals surface area contributed by atoms with Gasteiger partial charge < -0.3 is 14.6 Å². The molecule has 1 aromatic heterocycles. The van der Waals surface area contributed by atoms with Crippen LogP contribution in [0.25, 0.3) is 10.9 Å². The largest absolute Gasteiger partial charge is 0.497 e. The summed E-state index contributed by atoms with van der Waals surface area (Å²) in [6.07, 6.45) is 2.99. The molecule has 0 saturated carbocycles. The van der Waals surface area contributed by atoms with Gasteiger partial charge in [-0.15, -0.1) is 0 Å². The number of benzene rings is 2. The van der Waals surface area contributed by atoms with Crippen LogP contribution >= 0.6 is 0 Å². The van der Waals surface area contributed by atoms with Gasteiger partial charge in [-0.3, -0.25) is 4.79 Å². The normalized spacial score (nSPS) is 15.7. The number of nitrogens with one attached hydrogen (secondary N) is 1. The van der Waals surface area contributed by atoms with Crippen LogP contribution in [0.4, 0.5) is 0 Å². The fraction of sp³-hybridized carbons (Fsp3) is 0.375. The topological polar surface area (TPSA) is 80.6 Å². The molecule has 3 aromatic rings. The van der Waals surface area contributed by atoms with E-state index < -0.39 is 10.0 Å². The van der Waals surface area contributed by atoms with Crippen LogP contribution in [-0.4, -0.2) is 43.4 Å². The van der Waals surface area contributed by atoms with Crippen LogP contribution in [0.15, 0.2) is 59.6 Å². The quantitative estimate of drug-likeness (QED) is 0.592. The number of carbonyl (C=O) groups is 1. The molecule has 1 N–H and O–H groups in total. The molecular weight excluding hydrogens is 426 g/mol. The number of fused-ring (bicyclic) bond motifs is 1. The van der Waals surface area contributed by atoms with Crippen molar-refractivity contribution in [2.45, 2.75) is 37.8 Å². The van der Waals surface area contributed by atoms with Gasteiger partial charge in [0, 0.05) is 49.2 Å². The molecule has 0 aliphatic carbocycles. The number of nitrogens with zero attached hydrogens (tertiary/aromatic N) is 2. The number of aryl methyl sites for hydroxylation is 1. The van der Waals surface area contributed by atoms with Crippen molar-refractivity contribution in [3.05, 3.63) is 60.3 Å². The second-order valence-electron chi connectivity index (χ2n) is 8.07. The van der Waals surface area contributed by atoms with E-state index in [1.807, 2.05) is 42.6 Å². The van der Waals surface area contributed by atoms with Crippen molar-refractivity contribution < 1.29 is 17.9 Å². The summed E-state index contributed by atoms with van der Waals surface area (Å²) in [4.78, 5) is 12.9. The monoisotopic (exact) mass is 455 g/mol. The van der Waals surface area contributed by atoms with Crippen molar-refractivity contribution >= 4 is 26.8 Å². The molecule has 0 bridgehead atoms. The molecule has 32 heavy (non-hydrogen) atoms. The van der Waals surface area contributed by atoms with Crippen molar-refractivity contribution in [3.63, 3.8) is 0 Å². The van der Waals surface area contributed by atoms with Gasteiger partial charge in [-0.1, -0.05) is 12.1 Å². The number of rotatable bonds is 7. The van der Waals surface area contributed by atoms with Crippen LogP contribution in [0, 0.1) is 5.92 Å². The van der Waals surface area contributed by atoms with Crippen LogP contribution in [0.2, 0.25) is 0 Å². The molecule has 7 nitrogen and oxygen atoms in total. The lowest BCUT2D eigenvalue weighted by molar-refractivity contribution is -0.126. The summed E-state index contributed by atoms with van der Waals surface area (Å²) in [5.74, 6) is 0.528. The van der Waals surface area contributed by atoms with Gasteiger partial charge in [-0.25, -0.2) is 8.42 Å². The van der Waals surface area contributed by atoms with Crippen LogP contribution in [-0.2, 0) is 27.9 Å². The van der Waals surface area contributed by atoms with Crippen LogP contribution in [0.5, 0.6) is 5.75 Å². The maximum atomic E-state index is 13.2. The maximum Gasteiger partial charge on any atom is 0.243 e. The van der Waals surface area contributed by atoms with Gasteiger partial charge in [0.15, 0.2) is 0 Å². The third kappa shape index (κ3) is 4.52. The Hall–Kier alpha value is -2.84. The summed E-state index contributed by atoms with van der Waals surface area (Å²) in [6.45, 7) is 4.00. The predicted octanol–water partition coefficient (Wildman–Crippen LogP) is 3.39. The Kier molecular flexibility index (Phi) is 6.53. The Balaban J connectivity index is 1.36. The highest BCUT2D eigenvalue weighted by Gasteiger charge is 2.32. The van der Waals surface area contributed by atoms with Crippen molar-refractivity contribution in [3.8, 4) is 5.75 Å². The van der Waals surface area contributed by atoms with E-state index in [2.05, 4.69) is 16.8 Å². The lowest BCUT2D eigenvalue weighted by atomic mass is 9.97. The highest BCUT2D eigenvalue weighted by molar-refractivity contribution is 7.89. The first-order valence-corrected chi connectivity index (χ1v) is 12.4. The number of carbonyl (C=O) groups excluding carboxylic acids is 1. The Morgan fingerprint density at radius 2 is 1.91 bits per heavy atom. The zero-order valence-electron chi connectivity index (χ0n) is 18.5. The molecule has 0 radical (unpaired) electrons. The van der Waals surface area contributed by atoms with E-state index in [1.54, 1.807) is 19.2 Å². The molecule has 1 saturated heterocycles. The molecule has 2 aromatic carbocycles. The Labute approximate surface area is 189 Å². The number of sulfonamides is 1. The van der Waals surface area contributed by atoms with Gasteiger partial charge in [0.2, 0.25) is 15.9 Å². The van der Waals surface area contributed by atoms with Crippen molar-refractivity contribution in [1.82, 2.24) is 14.2 Å². The standard InChI is InChI=1S/C24H29N3O4S/c1-3-26-12-9-20-16-22(7-8-23(20)26)32(29,30)27-13-10-19(11-14-27)24(28)25-17-18-5-4-6-21(15-18)31-2/h4-9,12,15-16,19H,3,10-11,13-14,17H2,1-2H3,(H,25,28). The molecule has 1 amide bonds. The highest BCUT2D eigenvalue weighted by atomic mass is 32.2. The summed E-state index contributed by atoms with van der Waals surface area (Å²) >= 11 is 0. The van der Waals surface area contributed by atoms with E-state index in [-0.39, 0.29) is 11.8 Å². The molecule has 2 heterocycles. The van der Waals surface area contributed by atoms with E-state index in [9.17, 15) is 13.2 Å². The lowest BCUT2D eigenvalue weighted by Gasteiger charge is -2.30. The second-order valence-corrected chi connectivity index (χ2v) is 10.0. The number of hydrogen-bond acceptors (Lipinski definition) is 4. The van der Waals surface area contributed by atoms with E-state index in [0.29, 0.717) is 37.4 Å². The van der Waals surface area contributed by atoms with Crippen LogP contribution in [0.3, 0.4) is 0 Å². The highest BCUT2D eigenvalue weighted by Crippen LogP contribution is 2.27. The van der Waals surface area contributed by atoms with E-state index in [4.69, 9.17) is 4.74 Å². The Bertz CT molecular complexity index is 1210. The molecule has 1 aliphatic rings. The third-order valence-electron chi connectivity index (χ3n) is 6.15. The molecular formula is C24H29N3O4S. The van der Waals surface area contributed by atoms with Gasteiger partial charge in [0.1, 0.15) is 5.75 Å². The number of methoxy groups -OCH3 is 1. The minimum atomic E-state index is -3.58. The fourth-order valence-corrected chi connectivity index (χ4v) is 5.74. The van der Waals surface area contributed by atoms with E-state index in [0.717, 1.165) is 28.8 Å². The van der Waals surface area contributed by atoms with Gasteiger partial charge in [-0.2, -0.15) is 4.31 Å². The van der Waals surface area contributed by atoms with Crippen molar-refractivity contribution in [1.29, 1.82) is 0 Å². The SMILES string of the molecule is CCn1ccc2cc(S(=O)(=O)N3CCC(C(=O)NCc4cccc(OC)c4)CC3)ccc21. The average Bonchev–Trinajstić information content (AvgIpc) is 3.25. The Morgan fingerprint density at radius 3 is 2.62 bits per heavy atom. The van der Waals surface area contributed by atoms with Crippen molar-refractivity contribution in [2.24, 2.45) is 5.92 Å².